The molecule has 0 atom stereocenters. The van der Waals surface area contributed by atoms with Gasteiger partial charge in [0.1, 0.15) is 11.6 Å². The second kappa shape index (κ2) is 8.01. The Morgan fingerprint density at radius 3 is 2.50 bits per heavy atom. The molecule has 2 aromatic carbocycles. The smallest absolute Gasteiger partial charge is 0.387 e. The molecule has 0 N–H and O–H groups in total. The average molecular weight is 377 g/mol. The van der Waals surface area contributed by atoms with Gasteiger partial charge in [-0.25, -0.2) is 9.07 Å². The zero-order valence-electron chi connectivity index (χ0n) is 13.6. The maximum atomic E-state index is 13.8. The summed E-state index contributed by atoms with van der Waals surface area (Å²) in [5.74, 6) is -0.307. The van der Waals surface area contributed by atoms with E-state index in [1.807, 2.05) is 5.38 Å². The second-order valence-electron chi connectivity index (χ2n) is 5.11. The van der Waals surface area contributed by atoms with Crippen molar-refractivity contribution in [2.24, 2.45) is 10.1 Å². The van der Waals surface area contributed by atoms with E-state index in [2.05, 4.69) is 14.8 Å². The van der Waals surface area contributed by atoms with Crippen LogP contribution >= 0.6 is 11.3 Å². The van der Waals surface area contributed by atoms with E-state index in [9.17, 15) is 13.2 Å². The van der Waals surface area contributed by atoms with Crippen molar-refractivity contribution in [3.8, 4) is 17.0 Å². The van der Waals surface area contributed by atoms with E-state index in [0.29, 0.717) is 16.1 Å². The van der Waals surface area contributed by atoms with Gasteiger partial charge >= 0.3 is 6.61 Å². The van der Waals surface area contributed by atoms with E-state index in [-0.39, 0.29) is 11.6 Å². The molecule has 0 amide bonds. The van der Waals surface area contributed by atoms with Gasteiger partial charge in [-0.1, -0.05) is 18.2 Å². The van der Waals surface area contributed by atoms with Crippen LogP contribution in [-0.4, -0.2) is 24.5 Å². The lowest BCUT2D eigenvalue weighted by molar-refractivity contribution is -0.0498. The number of alkyl halides is 2. The van der Waals surface area contributed by atoms with Crippen LogP contribution in [0.2, 0.25) is 0 Å². The summed E-state index contributed by atoms with van der Waals surface area (Å²) in [5, 5.41) is 6.17. The minimum Gasteiger partial charge on any atom is -0.435 e. The summed E-state index contributed by atoms with van der Waals surface area (Å²) < 4.78 is 44.2. The Hall–Kier alpha value is -2.87. The highest BCUT2D eigenvalue weighted by Gasteiger charge is 2.09. The lowest BCUT2D eigenvalue weighted by atomic mass is 10.2. The Morgan fingerprint density at radius 1 is 1.12 bits per heavy atom. The molecule has 0 spiro atoms. The normalized spacial score (nSPS) is 12.3. The predicted octanol–water partition coefficient (Wildman–Crippen LogP) is 4.37. The summed E-state index contributed by atoms with van der Waals surface area (Å²) in [7, 11) is 1.63. The summed E-state index contributed by atoms with van der Waals surface area (Å²) in [6, 6.07) is 12.5. The molecule has 0 aliphatic heterocycles. The standard InChI is InChI=1S/C18H14F3N3OS/c1-22-18-24(23-10-13-4-2-3-5-15(13)19)16(11-26-18)12-6-8-14(9-7-12)25-17(20)21/h2-11,17H,1H3/b22-18?,23-10+. The molecule has 3 aromatic rings. The first kappa shape index (κ1) is 17.9. The largest absolute Gasteiger partial charge is 0.435 e. The van der Waals surface area contributed by atoms with Crippen molar-refractivity contribution < 1.29 is 17.9 Å². The molecule has 0 saturated carbocycles. The Bertz CT molecular complexity index is 978. The monoisotopic (exact) mass is 377 g/mol. The SMILES string of the molecule is CN=c1scc(-c2ccc(OC(F)F)cc2)n1/N=C/c1ccccc1F. The number of thiazole rings is 1. The molecule has 0 fully saturated rings. The van der Waals surface area contributed by atoms with Gasteiger partial charge in [-0.15, -0.1) is 11.3 Å². The third-order valence-corrected chi connectivity index (χ3v) is 4.38. The quantitative estimate of drug-likeness (QED) is 0.609. The first-order valence-electron chi connectivity index (χ1n) is 7.56. The van der Waals surface area contributed by atoms with Crippen molar-refractivity contribution in [3.63, 3.8) is 0 Å². The first-order valence-corrected chi connectivity index (χ1v) is 8.44. The van der Waals surface area contributed by atoms with Gasteiger partial charge in [0, 0.05) is 23.6 Å². The van der Waals surface area contributed by atoms with Crippen LogP contribution in [0.5, 0.6) is 5.75 Å². The van der Waals surface area contributed by atoms with Crippen LogP contribution in [0.3, 0.4) is 0 Å². The highest BCUT2D eigenvalue weighted by Crippen LogP contribution is 2.24. The second-order valence-corrected chi connectivity index (χ2v) is 5.94. The van der Waals surface area contributed by atoms with E-state index >= 15 is 0 Å². The highest BCUT2D eigenvalue weighted by atomic mass is 32.1. The summed E-state index contributed by atoms with van der Waals surface area (Å²) in [6.07, 6.45) is 1.41. The number of nitrogens with zero attached hydrogens (tertiary/aromatic N) is 3. The van der Waals surface area contributed by atoms with Crippen LogP contribution < -0.4 is 9.54 Å². The molecule has 0 saturated heterocycles. The number of hydrogen-bond donors (Lipinski definition) is 0. The van der Waals surface area contributed by atoms with Crippen LogP contribution in [0.25, 0.3) is 11.3 Å². The maximum absolute atomic E-state index is 13.8. The fourth-order valence-electron chi connectivity index (χ4n) is 2.27. The van der Waals surface area contributed by atoms with Crippen LogP contribution in [0.15, 0.2) is 64.0 Å². The van der Waals surface area contributed by atoms with Crippen LogP contribution in [0, 0.1) is 5.82 Å². The molecule has 0 unspecified atom stereocenters. The van der Waals surface area contributed by atoms with Gasteiger partial charge in [0.25, 0.3) is 0 Å². The Kier molecular flexibility index (Phi) is 5.52. The van der Waals surface area contributed by atoms with Crippen molar-refractivity contribution in [3.05, 3.63) is 70.1 Å². The minimum absolute atomic E-state index is 0.0702. The molecule has 3 rings (SSSR count). The molecular formula is C18H14F3N3OS. The number of hydrogen-bond acceptors (Lipinski definition) is 4. The van der Waals surface area contributed by atoms with Gasteiger partial charge in [0.05, 0.1) is 11.9 Å². The molecule has 26 heavy (non-hydrogen) atoms. The van der Waals surface area contributed by atoms with E-state index in [1.165, 1.54) is 35.8 Å². The molecule has 0 aliphatic rings. The molecule has 1 heterocycles. The van der Waals surface area contributed by atoms with Crippen LogP contribution in [0.4, 0.5) is 13.2 Å². The zero-order chi connectivity index (χ0) is 18.5. The minimum atomic E-state index is -2.87. The number of benzene rings is 2. The van der Waals surface area contributed by atoms with Gasteiger partial charge in [0.15, 0.2) is 0 Å². The highest BCUT2D eigenvalue weighted by molar-refractivity contribution is 7.07. The number of ether oxygens (including phenoxy) is 1. The number of halogens is 3. The number of aromatic nitrogens is 1. The zero-order valence-corrected chi connectivity index (χ0v) is 14.5. The molecule has 1 aromatic heterocycles. The van der Waals surface area contributed by atoms with E-state index in [4.69, 9.17) is 0 Å². The van der Waals surface area contributed by atoms with Gasteiger partial charge in [0.2, 0.25) is 4.80 Å². The molecule has 0 radical (unpaired) electrons. The third-order valence-electron chi connectivity index (χ3n) is 3.47. The van der Waals surface area contributed by atoms with Gasteiger partial charge in [-0.3, -0.25) is 4.99 Å². The van der Waals surface area contributed by atoms with Gasteiger partial charge < -0.3 is 4.74 Å². The van der Waals surface area contributed by atoms with E-state index in [0.717, 1.165) is 5.56 Å². The molecular weight excluding hydrogens is 363 g/mol. The van der Waals surface area contributed by atoms with Crippen molar-refractivity contribution >= 4 is 17.6 Å². The molecule has 8 heteroatoms. The maximum Gasteiger partial charge on any atom is 0.387 e. The summed E-state index contributed by atoms with van der Waals surface area (Å²) in [6.45, 7) is -2.87. The van der Waals surface area contributed by atoms with Crippen LogP contribution in [0.1, 0.15) is 5.56 Å². The molecule has 4 nitrogen and oxygen atoms in total. The summed E-state index contributed by atoms with van der Waals surface area (Å²) in [5.41, 5.74) is 1.79. The predicted molar refractivity (Wildman–Crippen MR) is 95.3 cm³/mol. The summed E-state index contributed by atoms with van der Waals surface area (Å²) >= 11 is 1.36. The molecule has 0 bridgehead atoms. The number of rotatable bonds is 5. The Morgan fingerprint density at radius 2 is 1.85 bits per heavy atom. The fraction of sp³-hybridized carbons (Fsp3) is 0.111. The average Bonchev–Trinajstić information content (AvgIpc) is 3.04. The first-order chi connectivity index (χ1) is 12.6. The van der Waals surface area contributed by atoms with Gasteiger partial charge in [-0.2, -0.15) is 13.9 Å². The Labute approximate surface area is 151 Å². The Balaban J connectivity index is 1.97. The lowest BCUT2D eigenvalue weighted by Crippen LogP contribution is -2.11. The van der Waals surface area contributed by atoms with Crippen molar-refractivity contribution in [1.29, 1.82) is 0 Å². The third kappa shape index (κ3) is 4.02. The lowest BCUT2D eigenvalue weighted by Gasteiger charge is -2.06. The van der Waals surface area contributed by atoms with Crippen molar-refractivity contribution in [1.82, 2.24) is 4.68 Å². The van der Waals surface area contributed by atoms with Crippen molar-refractivity contribution in [2.75, 3.05) is 7.05 Å². The fourth-order valence-corrected chi connectivity index (χ4v) is 3.07. The van der Waals surface area contributed by atoms with Crippen molar-refractivity contribution in [2.45, 2.75) is 6.61 Å². The molecule has 134 valence electrons. The summed E-state index contributed by atoms with van der Waals surface area (Å²) in [4.78, 5) is 4.77. The van der Waals surface area contributed by atoms with Gasteiger partial charge in [-0.05, 0) is 30.3 Å². The topological polar surface area (TPSA) is 38.9 Å². The van der Waals surface area contributed by atoms with E-state index < -0.39 is 6.61 Å². The molecule has 0 aliphatic carbocycles. The van der Waals surface area contributed by atoms with E-state index in [1.54, 1.807) is 42.1 Å². The van der Waals surface area contributed by atoms with Crippen LogP contribution in [-0.2, 0) is 0 Å².